The number of amides is 1. The van der Waals surface area contributed by atoms with E-state index < -0.39 is 5.97 Å². The summed E-state index contributed by atoms with van der Waals surface area (Å²) < 4.78 is 18.0. The van der Waals surface area contributed by atoms with Crippen LogP contribution in [0.15, 0.2) is 64.2 Å². The van der Waals surface area contributed by atoms with Crippen molar-refractivity contribution in [3.63, 3.8) is 0 Å². The molecule has 1 saturated heterocycles. The monoisotopic (exact) mass is 487 g/mol. The molecule has 0 spiro atoms. The summed E-state index contributed by atoms with van der Waals surface area (Å²) in [5.74, 6) is 0.136. The zero-order valence-electron chi connectivity index (χ0n) is 19.1. The van der Waals surface area contributed by atoms with Crippen molar-refractivity contribution < 1.29 is 23.2 Å². The van der Waals surface area contributed by atoms with Gasteiger partial charge >= 0.3 is 5.97 Å². The molecule has 0 radical (unpaired) electrons. The van der Waals surface area contributed by atoms with Crippen molar-refractivity contribution in [2.75, 3.05) is 37.7 Å². The minimum atomic E-state index is -0.569. The molecule has 0 aliphatic carbocycles. The number of anilines is 1. The van der Waals surface area contributed by atoms with Crippen LogP contribution in [0.4, 0.5) is 5.88 Å². The summed E-state index contributed by atoms with van der Waals surface area (Å²) in [4.78, 5) is 36.5. The lowest BCUT2D eigenvalue weighted by Gasteiger charge is -2.34. The lowest BCUT2D eigenvalue weighted by Crippen LogP contribution is -2.50. The van der Waals surface area contributed by atoms with Crippen LogP contribution in [0.25, 0.3) is 11.7 Å². The van der Waals surface area contributed by atoms with E-state index >= 15 is 0 Å². The summed E-state index contributed by atoms with van der Waals surface area (Å²) in [5.41, 5.74) is 1.47. The molecule has 1 aliphatic heterocycles. The Balaban J connectivity index is 1.11. The highest BCUT2D eigenvalue weighted by Gasteiger charge is 2.27. The van der Waals surface area contributed by atoms with Gasteiger partial charge in [0.05, 0.1) is 18.4 Å². The number of carbonyl (C=O) groups excluding carboxylic acids is 2. The third kappa shape index (κ3) is 4.95. The second kappa shape index (κ2) is 10.1. The van der Waals surface area contributed by atoms with E-state index in [4.69, 9.17) is 13.6 Å². The lowest BCUT2D eigenvalue weighted by molar-refractivity contribution is -0.134. The molecule has 1 aromatic carbocycles. The number of hydrogen-bond acceptors (Lipinski definition) is 10. The SMILES string of the molecule is N#Cc1nc(-c2ccco2)oc1N1CCN(C(=O)COC(=O)c2ccc(Cn3cncn3)cc2)CC1. The largest absolute Gasteiger partial charge is 0.459 e. The van der Waals surface area contributed by atoms with Crippen molar-refractivity contribution in [3.8, 4) is 17.7 Å². The highest BCUT2D eigenvalue weighted by atomic mass is 16.5. The van der Waals surface area contributed by atoms with Gasteiger partial charge in [0.2, 0.25) is 11.6 Å². The highest BCUT2D eigenvalue weighted by Crippen LogP contribution is 2.29. The number of ether oxygens (including phenoxy) is 1. The first-order chi connectivity index (χ1) is 17.6. The average molecular weight is 487 g/mol. The first kappa shape index (κ1) is 22.9. The topological polar surface area (TPSA) is 144 Å². The number of furan rings is 1. The summed E-state index contributed by atoms with van der Waals surface area (Å²) in [7, 11) is 0. The van der Waals surface area contributed by atoms with E-state index in [9.17, 15) is 14.9 Å². The van der Waals surface area contributed by atoms with Crippen LogP contribution in [-0.2, 0) is 16.1 Å². The predicted molar refractivity (Wildman–Crippen MR) is 124 cm³/mol. The number of esters is 1. The zero-order chi connectivity index (χ0) is 24.9. The van der Waals surface area contributed by atoms with Crippen molar-refractivity contribution in [3.05, 3.63) is 72.1 Å². The van der Waals surface area contributed by atoms with Gasteiger partial charge in [0, 0.05) is 26.2 Å². The second-order valence-corrected chi connectivity index (χ2v) is 8.00. The molecule has 36 heavy (non-hydrogen) atoms. The van der Waals surface area contributed by atoms with E-state index in [1.807, 2.05) is 11.0 Å². The van der Waals surface area contributed by atoms with Crippen LogP contribution in [0, 0.1) is 11.3 Å². The third-order valence-electron chi connectivity index (χ3n) is 5.69. The molecule has 3 aromatic heterocycles. The molecule has 4 heterocycles. The molecule has 182 valence electrons. The van der Waals surface area contributed by atoms with Crippen LogP contribution in [0.3, 0.4) is 0 Å². The normalized spacial score (nSPS) is 13.4. The Hall–Kier alpha value is -4.92. The van der Waals surface area contributed by atoms with Crippen LogP contribution < -0.4 is 4.90 Å². The first-order valence-electron chi connectivity index (χ1n) is 11.2. The zero-order valence-corrected chi connectivity index (χ0v) is 19.1. The summed E-state index contributed by atoms with van der Waals surface area (Å²) in [6.45, 7) is 1.83. The number of carbonyl (C=O) groups is 2. The predicted octanol–water partition coefficient (Wildman–Crippen LogP) is 1.95. The Bertz CT molecular complexity index is 1360. The van der Waals surface area contributed by atoms with Gasteiger partial charge in [0.15, 0.2) is 12.4 Å². The highest BCUT2D eigenvalue weighted by molar-refractivity contribution is 5.91. The molecule has 1 amide bonds. The maximum Gasteiger partial charge on any atom is 0.338 e. The maximum absolute atomic E-state index is 12.6. The lowest BCUT2D eigenvalue weighted by atomic mass is 10.1. The summed E-state index contributed by atoms with van der Waals surface area (Å²) in [6.07, 6.45) is 4.57. The minimum Gasteiger partial charge on any atom is -0.459 e. The maximum atomic E-state index is 12.6. The minimum absolute atomic E-state index is 0.155. The molecule has 4 aromatic rings. The Morgan fingerprint density at radius 2 is 1.92 bits per heavy atom. The van der Waals surface area contributed by atoms with E-state index in [0.29, 0.717) is 49.9 Å². The van der Waals surface area contributed by atoms with Gasteiger partial charge in [0.25, 0.3) is 11.8 Å². The third-order valence-corrected chi connectivity index (χ3v) is 5.69. The van der Waals surface area contributed by atoms with Gasteiger partial charge in [-0.1, -0.05) is 12.1 Å². The molecule has 5 rings (SSSR count). The van der Waals surface area contributed by atoms with Gasteiger partial charge in [-0.2, -0.15) is 15.3 Å². The standard InChI is InChI=1S/C24H21N7O5/c25-12-19-23(36-22(28-19)20-2-1-11-34-20)30-9-7-29(8-10-30)21(32)14-35-24(33)18-5-3-17(4-6-18)13-31-16-26-15-27-31/h1-6,11,15-16H,7-10,13-14H2. The van der Waals surface area contributed by atoms with Crippen LogP contribution >= 0.6 is 0 Å². The van der Waals surface area contributed by atoms with Crippen molar-refractivity contribution >= 4 is 17.8 Å². The fourth-order valence-corrected chi connectivity index (χ4v) is 3.81. The van der Waals surface area contributed by atoms with Gasteiger partial charge in [-0.25, -0.2) is 14.5 Å². The molecule has 1 fully saturated rings. The Kier molecular flexibility index (Phi) is 6.44. The van der Waals surface area contributed by atoms with Crippen molar-refractivity contribution in [2.45, 2.75) is 6.54 Å². The molecule has 0 bridgehead atoms. The number of nitrogens with zero attached hydrogens (tertiary/aromatic N) is 7. The molecule has 12 nitrogen and oxygen atoms in total. The van der Waals surface area contributed by atoms with Crippen molar-refractivity contribution in [1.29, 1.82) is 5.26 Å². The van der Waals surface area contributed by atoms with Gasteiger partial charge in [-0.3, -0.25) is 4.79 Å². The molecule has 0 saturated carbocycles. The number of nitriles is 1. The van der Waals surface area contributed by atoms with Gasteiger partial charge in [0.1, 0.15) is 18.7 Å². The Morgan fingerprint density at radius 1 is 1.11 bits per heavy atom. The van der Waals surface area contributed by atoms with Crippen LogP contribution in [0.2, 0.25) is 0 Å². The number of rotatable bonds is 7. The molecular weight excluding hydrogens is 466 g/mol. The molecule has 0 N–H and O–H groups in total. The van der Waals surface area contributed by atoms with E-state index in [2.05, 4.69) is 15.1 Å². The number of piperazine rings is 1. The summed E-state index contributed by atoms with van der Waals surface area (Å²) in [5, 5.41) is 13.5. The van der Waals surface area contributed by atoms with E-state index in [-0.39, 0.29) is 24.1 Å². The van der Waals surface area contributed by atoms with Crippen molar-refractivity contribution in [2.24, 2.45) is 0 Å². The van der Waals surface area contributed by atoms with Crippen LogP contribution in [0.5, 0.6) is 0 Å². The van der Waals surface area contributed by atoms with Gasteiger partial charge < -0.3 is 23.4 Å². The van der Waals surface area contributed by atoms with E-state index in [1.165, 1.54) is 12.6 Å². The fraction of sp³-hybridized carbons (Fsp3) is 0.250. The first-order valence-corrected chi connectivity index (χ1v) is 11.2. The number of benzene rings is 1. The Labute approximate surface area is 205 Å². The van der Waals surface area contributed by atoms with E-state index in [1.54, 1.807) is 52.3 Å². The molecule has 0 unspecified atom stereocenters. The van der Waals surface area contributed by atoms with Gasteiger partial charge in [-0.05, 0) is 29.8 Å². The summed E-state index contributed by atoms with van der Waals surface area (Å²) in [6, 6.07) is 12.3. The Morgan fingerprint density at radius 3 is 2.58 bits per heavy atom. The number of aromatic nitrogens is 4. The smallest absolute Gasteiger partial charge is 0.338 e. The summed E-state index contributed by atoms with van der Waals surface area (Å²) >= 11 is 0. The second-order valence-electron chi connectivity index (χ2n) is 8.00. The molecule has 12 heteroatoms. The van der Waals surface area contributed by atoms with Crippen LogP contribution in [-0.4, -0.2) is 69.3 Å². The fourth-order valence-electron chi connectivity index (χ4n) is 3.81. The average Bonchev–Trinajstić information content (AvgIpc) is 3.69. The number of oxazole rings is 1. The van der Waals surface area contributed by atoms with Crippen molar-refractivity contribution in [1.82, 2.24) is 24.6 Å². The van der Waals surface area contributed by atoms with E-state index in [0.717, 1.165) is 5.56 Å². The number of hydrogen-bond donors (Lipinski definition) is 0. The quantitative estimate of drug-likeness (QED) is 0.355. The molecule has 0 atom stereocenters. The molecule has 1 aliphatic rings. The van der Waals surface area contributed by atoms with Crippen LogP contribution in [0.1, 0.15) is 21.6 Å². The molecular formula is C24H21N7O5. The van der Waals surface area contributed by atoms with Gasteiger partial charge in [-0.15, -0.1) is 0 Å².